The fraction of sp³-hybridized carbons (Fsp3) is 0.261. The fourth-order valence-electron chi connectivity index (χ4n) is 3.97. The van der Waals surface area contributed by atoms with Crippen molar-refractivity contribution in [1.82, 2.24) is 44.9 Å². The Bertz CT molecular complexity index is 1400. The predicted molar refractivity (Wildman–Crippen MR) is 123 cm³/mol. The summed E-state index contributed by atoms with van der Waals surface area (Å²) >= 11 is 0. The molecule has 4 heterocycles. The third kappa shape index (κ3) is 3.69. The van der Waals surface area contributed by atoms with Gasteiger partial charge in [-0.1, -0.05) is 19.1 Å². The van der Waals surface area contributed by atoms with E-state index >= 15 is 0 Å². The van der Waals surface area contributed by atoms with Gasteiger partial charge in [-0.3, -0.25) is 0 Å². The standard InChI is InChI=1S/C23H22N10/c1-2-17-18(19(15-5-6-15)26-12-25-17)21-31-22(20-23(32-21)28-13-27-20)24-11-14-3-7-16(8-4-14)33-29-9-10-30-33/h3-4,7-10,12-13,15H,2,5-6,11H2,1H3,(H2,24,27,28,31,32). The lowest BCUT2D eigenvalue weighted by Crippen LogP contribution is -2.07. The Kier molecular flexibility index (Phi) is 4.75. The molecule has 0 radical (unpaired) electrons. The van der Waals surface area contributed by atoms with E-state index in [0.717, 1.165) is 53.0 Å². The summed E-state index contributed by atoms with van der Waals surface area (Å²) in [5.41, 5.74) is 6.38. The minimum Gasteiger partial charge on any atom is -0.364 e. The number of H-pyrrole nitrogens is 1. The summed E-state index contributed by atoms with van der Waals surface area (Å²) in [6.45, 7) is 2.69. The number of hydrogen-bond donors (Lipinski definition) is 2. The molecule has 0 unspecified atom stereocenters. The Labute approximate surface area is 189 Å². The summed E-state index contributed by atoms with van der Waals surface area (Å²) in [7, 11) is 0. The van der Waals surface area contributed by atoms with Crippen molar-refractivity contribution in [3.63, 3.8) is 0 Å². The quantitative estimate of drug-likeness (QED) is 0.396. The van der Waals surface area contributed by atoms with Gasteiger partial charge in [0.25, 0.3) is 0 Å². The summed E-state index contributed by atoms with van der Waals surface area (Å²) in [4.78, 5) is 27.9. The molecule has 10 nitrogen and oxygen atoms in total. The molecular weight excluding hydrogens is 416 g/mol. The SMILES string of the molecule is CCc1ncnc(C2CC2)c1-c1nc(NCc2ccc(-n3nccn3)cc2)c2[nH]cnc2n1. The van der Waals surface area contributed by atoms with Gasteiger partial charge in [-0.05, 0) is 37.0 Å². The average molecular weight is 438 g/mol. The first-order valence-electron chi connectivity index (χ1n) is 11.0. The number of benzene rings is 1. The van der Waals surface area contributed by atoms with E-state index in [2.05, 4.69) is 42.4 Å². The van der Waals surface area contributed by atoms with Crippen LogP contribution >= 0.6 is 0 Å². The van der Waals surface area contributed by atoms with Crippen molar-refractivity contribution in [3.05, 3.63) is 66.3 Å². The molecule has 6 rings (SSSR count). The Hall–Kier alpha value is -4.21. The molecule has 0 amide bonds. The smallest absolute Gasteiger partial charge is 0.183 e. The first-order chi connectivity index (χ1) is 16.3. The van der Waals surface area contributed by atoms with Gasteiger partial charge in [-0.15, -0.1) is 0 Å². The summed E-state index contributed by atoms with van der Waals surface area (Å²) < 4.78 is 0. The van der Waals surface area contributed by atoms with Gasteiger partial charge in [0, 0.05) is 12.5 Å². The van der Waals surface area contributed by atoms with Crippen molar-refractivity contribution in [1.29, 1.82) is 0 Å². The molecule has 0 spiro atoms. The maximum Gasteiger partial charge on any atom is 0.183 e. The van der Waals surface area contributed by atoms with Crippen molar-refractivity contribution in [2.45, 2.75) is 38.6 Å². The zero-order chi connectivity index (χ0) is 22.2. The summed E-state index contributed by atoms with van der Waals surface area (Å²) in [5, 5.41) is 11.8. The Morgan fingerprint density at radius 3 is 2.61 bits per heavy atom. The van der Waals surface area contributed by atoms with Gasteiger partial charge in [0.05, 0.1) is 41.4 Å². The molecule has 0 aliphatic heterocycles. The van der Waals surface area contributed by atoms with E-state index in [1.807, 2.05) is 24.3 Å². The number of nitrogens with zero attached hydrogens (tertiary/aromatic N) is 8. The summed E-state index contributed by atoms with van der Waals surface area (Å²) in [6, 6.07) is 8.07. The third-order valence-electron chi connectivity index (χ3n) is 5.81. The second-order valence-electron chi connectivity index (χ2n) is 8.04. The van der Waals surface area contributed by atoms with Gasteiger partial charge < -0.3 is 10.3 Å². The highest BCUT2D eigenvalue weighted by Gasteiger charge is 2.31. The Morgan fingerprint density at radius 1 is 1.03 bits per heavy atom. The van der Waals surface area contributed by atoms with Crippen LogP contribution in [0.2, 0.25) is 0 Å². The molecule has 10 heteroatoms. The van der Waals surface area contributed by atoms with Crippen molar-refractivity contribution in [3.8, 4) is 17.1 Å². The Balaban J connectivity index is 1.33. The number of anilines is 1. The second kappa shape index (κ2) is 8.05. The number of aromatic amines is 1. The number of imidazole rings is 1. The number of aromatic nitrogens is 9. The van der Waals surface area contributed by atoms with Crippen LogP contribution in [0.1, 0.15) is 42.6 Å². The van der Waals surface area contributed by atoms with Crippen LogP contribution in [0.4, 0.5) is 5.82 Å². The van der Waals surface area contributed by atoms with Crippen LogP contribution in [0.15, 0.2) is 49.3 Å². The van der Waals surface area contributed by atoms with Crippen molar-refractivity contribution >= 4 is 17.0 Å². The van der Waals surface area contributed by atoms with E-state index in [-0.39, 0.29) is 0 Å². The van der Waals surface area contributed by atoms with E-state index in [9.17, 15) is 0 Å². The molecule has 0 bridgehead atoms. The van der Waals surface area contributed by atoms with Crippen LogP contribution in [0, 0.1) is 0 Å². The first kappa shape index (κ1) is 19.5. The first-order valence-corrected chi connectivity index (χ1v) is 11.0. The molecule has 5 aromatic rings. The van der Waals surface area contributed by atoms with Gasteiger partial charge in [0.1, 0.15) is 11.8 Å². The van der Waals surface area contributed by atoms with Crippen LogP contribution in [0.3, 0.4) is 0 Å². The predicted octanol–water partition coefficient (Wildman–Crippen LogP) is 3.44. The Morgan fingerprint density at radius 2 is 1.85 bits per heavy atom. The van der Waals surface area contributed by atoms with Crippen LogP contribution < -0.4 is 5.32 Å². The molecule has 1 fully saturated rings. The number of nitrogens with one attached hydrogen (secondary N) is 2. The van der Waals surface area contributed by atoms with Crippen LogP contribution in [-0.2, 0) is 13.0 Å². The highest BCUT2D eigenvalue weighted by Crippen LogP contribution is 2.43. The zero-order valence-electron chi connectivity index (χ0n) is 18.1. The number of aryl methyl sites for hydroxylation is 1. The lowest BCUT2D eigenvalue weighted by Gasteiger charge is -2.13. The molecular formula is C23H22N10. The molecule has 33 heavy (non-hydrogen) atoms. The van der Waals surface area contributed by atoms with E-state index in [4.69, 9.17) is 9.97 Å². The maximum absolute atomic E-state index is 4.90. The highest BCUT2D eigenvalue weighted by atomic mass is 15.5. The monoisotopic (exact) mass is 438 g/mol. The minimum absolute atomic E-state index is 0.464. The minimum atomic E-state index is 0.464. The number of rotatable bonds is 7. The molecule has 4 aromatic heterocycles. The third-order valence-corrected chi connectivity index (χ3v) is 5.81. The summed E-state index contributed by atoms with van der Waals surface area (Å²) in [6.07, 6.45) is 9.71. The van der Waals surface area contributed by atoms with E-state index in [1.165, 1.54) is 0 Å². The maximum atomic E-state index is 4.90. The summed E-state index contributed by atoms with van der Waals surface area (Å²) in [5.74, 6) is 1.79. The van der Waals surface area contributed by atoms with E-state index < -0.39 is 0 Å². The van der Waals surface area contributed by atoms with Crippen molar-refractivity contribution < 1.29 is 0 Å². The highest BCUT2D eigenvalue weighted by molar-refractivity contribution is 5.85. The number of fused-ring (bicyclic) bond motifs is 1. The number of hydrogen-bond acceptors (Lipinski definition) is 8. The largest absolute Gasteiger partial charge is 0.364 e. The molecule has 2 N–H and O–H groups in total. The van der Waals surface area contributed by atoms with Crippen molar-refractivity contribution in [2.75, 3.05) is 5.32 Å². The van der Waals surface area contributed by atoms with Gasteiger partial charge in [-0.2, -0.15) is 15.0 Å². The van der Waals surface area contributed by atoms with Gasteiger partial charge in [0.15, 0.2) is 17.3 Å². The lowest BCUT2D eigenvalue weighted by atomic mass is 10.1. The molecule has 1 aliphatic carbocycles. The van der Waals surface area contributed by atoms with Crippen LogP contribution in [0.5, 0.6) is 0 Å². The average Bonchev–Trinajstić information content (AvgIpc) is 3.34. The van der Waals surface area contributed by atoms with Gasteiger partial charge >= 0.3 is 0 Å². The van der Waals surface area contributed by atoms with Crippen LogP contribution in [0.25, 0.3) is 28.2 Å². The normalized spacial score (nSPS) is 13.5. The molecule has 1 aromatic carbocycles. The molecule has 0 atom stereocenters. The molecule has 1 saturated carbocycles. The topological polar surface area (TPSA) is 123 Å². The van der Waals surface area contributed by atoms with Crippen molar-refractivity contribution in [2.24, 2.45) is 0 Å². The van der Waals surface area contributed by atoms with E-state index in [0.29, 0.717) is 29.8 Å². The fourth-order valence-corrected chi connectivity index (χ4v) is 3.97. The molecule has 164 valence electrons. The molecule has 0 saturated heterocycles. The lowest BCUT2D eigenvalue weighted by molar-refractivity contribution is 0.751. The molecule has 1 aliphatic rings. The van der Waals surface area contributed by atoms with Gasteiger partial charge in [0.2, 0.25) is 0 Å². The van der Waals surface area contributed by atoms with Crippen LogP contribution in [-0.4, -0.2) is 44.9 Å². The van der Waals surface area contributed by atoms with Gasteiger partial charge in [-0.25, -0.2) is 24.9 Å². The van der Waals surface area contributed by atoms with E-state index in [1.54, 1.807) is 29.8 Å². The second-order valence-corrected chi connectivity index (χ2v) is 8.04. The zero-order valence-corrected chi connectivity index (χ0v) is 18.1.